The molecule has 2 N–H and O–H groups in total. The lowest BCUT2D eigenvalue weighted by atomic mass is 10.1. The molecule has 1 aliphatic heterocycles. The highest BCUT2D eigenvalue weighted by atomic mass is 35.5. The van der Waals surface area contributed by atoms with Crippen LogP contribution in [0.4, 0.5) is 20.6 Å². The number of anilines is 2. The molecule has 8 nitrogen and oxygen atoms in total. The Labute approximate surface area is 199 Å². The molecule has 2 atom stereocenters. The van der Waals surface area contributed by atoms with Gasteiger partial charge in [-0.2, -0.15) is 0 Å². The Bertz CT molecular complexity index is 1260. The van der Waals surface area contributed by atoms with Crippen LogP contribution in [-0.4, -0.2) is 47.2 Å². The van der Waals surface area contributed by atoms with Crippen LogP contribution in [0.1, 0.15) is 6.42 Å². The molecule has 176 valence electrons. The number of halogens is 2. The van der Waals surface area contributed by atoms with Crippen molar-refractivity contribution in [3.63, 3.8) is 0 Å². The van der Waals surface area contributed by atoms with E-state index in [4.69, 9.17) is 16.3 Å². The molecule has 3 aromatic rings. The third kappa shape index (κ3) is 5.11. The van der Waals surface area contributed by atoms with Gasteiger partial charge in [-0.3, -0.25) is 14.2 Å². The van der Waals surface area contributed by atoms with Crippen molar-refractivity contribution in [1.82, 2.24) is 9.47 Å². The number of hydrogen-bond acceptors (Lipinski definition) is 4. The number of hydrogen-bond donors (Lipinski definition) is 2. The van der Waals surface area contributed by atoms with Crippen molar-refractivity contribution in [1.29, 1.82) is 0 Å². The number of rotatable bonds is 5. The summed E-state index contributed by atoms with van der Waals surface area (Å²) < 4.78 is 21.4. The first-order valence-electron chi connectivity index (χ1n) is 10.5. The average molecular weight is 485 g/mol. The number of methoxy groups -OCH3 is 1. The first kappa shape index (κ1) is 23.5. The Kier molecular flexibility index (Phi) is 6.95. The molecular weight excluding hydrogens is 463 g/mol. The summed E-state index contributed by atoms with van der Waals surface area (Å²) in [5, 5.41) is 5.81. The summed E-state index contributed by atoms with van der Waals surface area (Å²) in [7, 11) is 1.50. The Balaban J connectivity index is 1.50. The fraction of sp³-hybridized carbons (Fsp3) is 0.208. The van der Waals surface area contributed by atoms with Crippen LogP contribution in [0, 0.1) is 5.82 Å². The molecule has 2 heterocycles. The van der Waals surface area contributed by atoms with Gasteiger partial charge in [0, 0.05) is 49.1 Å². The van der Waals surface area contributed by atoms with E-state index < -0.39 is 23.8 Å². The van der Waals surface area contributed by atoms with Crippen molar-refractivity contribution in [3.05, 3.63) is 88.1 Å². The van der Waals surface area contributed by atoms with Gasteiger partial charge in [-0.25, -0.2) is 9.18 Å². The molecule has 0 saturated carbocycles. The van der Waals surface area contributed by atoms with E-state index in [1.807, 2.05) is 0 Å². The maximum Gasteiger partial charge on any atom is 0.322 e. The molecule has 1 unspecified atom stereocenters. The van der Waals surface area contributed by atoms with E-state index in [2.05, 4.69) is 10.6 Å². The number of urea groups is 1. The van der Waals surface area contributed by atoms with Gasteiger partial charge >= 0.3 is 6.03 Å². The van der Waals surface area contributed by atoms with Gasteiger partial charge in [0.1, 0.15) is 11.9 Å². The molecule has 1 aliphatic rings. The summed E-state index contributed by atoms with van der Waals surface area (Å²) in [6.45, 7) is 0.201. The number of carbonyl (C=O) groups excluding carboxylic acids is 2. The molecule has 0 bridgehead atoms. The number of ether oxygens (including phenoxy) is 1. The van der Waals surface area contributed by atoms with E-state index >= 15 is 0 Å². The summed E-state index contributed by atoms with van der Waals surface area (Å²) >= 11 is 5.88. The van der Waals surface area contributed by atoms with Crippen LogP contribution in [0.25, 0.3) is 5.69 Å². The number of pyridine rings is 1. The molecule has 1 fully saturated rings. The topological polar surface area (TPSA) is 92.7 Å². The standard InChI is InChI=1S/C24H22ClFN4O4/c1-34-18-13-21(30(14-18)24(33)27-16-7-5-15(25)6-8-16)23(32)28-20-10-9-17(12-19(20)26)29-11-3-2-4-22(29)31/h2-12,18,21H,13-14H2,1H3,(H,27,33)(H,28,32)/t18?,21-/m1/s1. The van der Waals surface area contributed by atoms with E-state index in [0.717, 1.165) is 6.07 Å². The second kappa shape index (κ2) is 10.1. The predicted octanol–water partition coefficient (Wildman–Crippen LogP) is 3.89. The molecule has 0 radical (unpaired) electrons. The Hall–Kier alpha value is -3.69. The zero-order chi connectivity index (χ0) is 24.2. The van der Waals surface area contributed by atoms with Crippen molar-refractivity contribution in [2.24, 2.45) is 0 Å². The van der Waals surface area contributed by atoms with E-state index in [0.29, 0.717) is 16.4 Å². The minimum Gasteiger partial charge on any atom is -0.380 e. The molecule has 1 saturated heterocycles. The lowest BCUT2D eigenvalue weighted by Crippen LogP contribution is -2.45. The second-order valence-corrected chi connectivity index (χ2v) is 8.20. The molecular formula is C24H22ClFN4O4. The van der Waals surface area contributed by atoms with Gasteiger partial charge < -0.3 is 20.3 Å². The zero-order valence-electron chi connectivity index (χ0n) is 18.2. The number of nitrogens with one attached hydrogen (secondary N) is 2. The Morgan fingerprint density at radius 2 is 1.85 bits per heavy atom. The molecule has 10 heteroatoms. The third-order valence-corrected chi connectivity index (χ3v) is 5.82. The SMILES string of the molecule is COC1C[C@H](C(=O)Nc2ccc(-n3ccccc3=O)cc2F)N(C(=O)Nc2ccc(Cl)cc2)C1. The summed E-state index contributed by atoms with van der Waals surface area (Å²) in [6, 6.07) is 13.9. The number of benzene rings is 2. The molecule has 4 rings (SSSR count). The maximum absolute atomic E-state index is 14.8. The molecule has 34 heavy (non-hydrogen) atoms. The fourth-order valence-corrected chi connectivity index (χ4v) is 3.91. The first-order chi connectivity index (χ1) is 16.4. The molecule has 0 aliphatic carbocycles. The van der Waals surface area contributed by atoms with Crippen molar-refractivity contribution in [2.75, 3.05) is 24.3 Å². The normalized spacial score (nSPS) is 17.4. The Morgan fingerprint density at radius 1 is 1.09 bits per heavy atom. The number of carbonyl (C=O) groups is 2. The molecule has 0 spiro atoms. The zero-order valence-corrected chi connectivity index (χ0v) is 19.0. The first-order valence-corrected chi connectivity index (χ1v) is 10.9. The van der Waals surface area contributed by atoms with Gasteiger partial charge in [0.25, 0.3) is 5.56 Å². The van der Waals surface area contributed by atoms with E-state index in [1.54, 1.807) is 36.4 Å². The van der Waals surface area contributed by atoms with Crippen LogP contribution in [0.2, 0.25) is 5.02 Å². The van der Waals surface area contributed by atoms with Crippen LogP contribution in [0.15, 0.2) is 71.7 Å². The second-order valence-electron chi connectivity index (χ2n) is 7.76. The van der Waals surface area contributed by atoms with Gasteiger partial charge in [0.05, 0.1) is 17.5 Å². The average Bonchev–Trinajstić information content (AvgIpc) is 3.27. The van der Waals surface area contributed by atoms with Crippen molar-refractivity contribution in [2.45, 2.75) is 18.6 Å². The molecule has 1 aromatic heterocycles. The third-order valence-electron chi connectivity index (χ3n) is 5.57. The minimum absolute atomic E-state index is 0.0587. The summed E-state index contributed by atoms with van der Waals surface area (Å²) in [5.41, 5.74) is 0.479. The summed E-state index contributed by atoms with van der Waals surface area (Å²) in [4.78, 5) is 39.2. The molecule has 3 amide bonds. The van der Waals surface area contributed by atoms with Crippen molar-refractivity contribution < 1.29 is 18.7 Å². The monoisotopic (exact) mass is 484 g/mol. The van der Waals surface area contributed by atoms with Crippen LogP contribution in [-0.2, 0) is 9.53 Å². The number of aromatic nitrogens is 1. The van der Waals surface area contributed by atoms with Crippen LogP contribution < -0.4 is 16.2 Å². The van der Waals surface area contributed by atoms with E-state index in [9.17, 15) is 18.8 Å². The largest absolute Gasteiger partial charge is 0.380 e. The highest BCUT2D eigenvalue weighted by molar-refractivity contribution is 6.30. The van der Waals surface area contributed by atoms with Gasteiger partial charge in [-0.15, -0.1) is 0 Å². The highest BCUT2D eigenvalue weighted by Crippen LogP contribution is 2.25. The number of amides is 3. The lowest BCUT2D eigenvalue weighted by molar-refractivity contribution is -0.119. The predicted molar refractivity (Wildman–Crippen MR) is 127 cm³/mol. The minimum atomic E-state index is -0.868. The summed E-state index contributed by atoms with van der Waals surface area (Å²) in [6.07, 6.45) is 1.44. The van der Waals surface area contributed by atoms with Gasteiger partial charge in [0.2, 0.25) is 5.91 Å². The smallest absolute Gasteiger partial charge is 0.322 e. The summed E-state index contributed by atoms with van der Waals surface area (Å²) in [5.74, 6) is -1.26. The molecule has 2 aromatic carbocycles. The maximum atomic E-state index is 14.8. The van der Waals surface area contributed by atoms with Gasteiger partial charge in [0.15, 0.2) is 0 Å². The number of likely N-dealkylation sites (tertiary alicyclic amines) is 1. The number of nitrogens with zero attached hydrogens (tertiary/aromatic N) is 2. The van der Waals surface area contributed by atoms with Crippen LogP contribution in [0.3, 0.4) is 0 Å². The van der Waals surface area contributed by atoms with Crippen molar-refractivity contribution in [3.8, 4) is 5.69 Å². The quantitative estimate of drug-likeness (QED) is 0.574. The fourth-order valence-electron chi connectivity index (χ4n) is 3.78. The Morgan fingerprint density at radius 3 is 2.53 bits per heavy atom. The van der Waals surface area contributed by atoms with E-state index in [1.165, 1.54) is 41.0 Å². The van der Waals surface area contributed by atoms with E-state index in [-0.39, 0.29) is 30.3 Å². The van der Waals surface area contributed by atoms with Crippen molar-refractivity contribution >= 4 is 34.9 Å². The van der Waals surface area contributed by atoms with Gasteiger partial charge in [-0.1, -0.05) is 17.7 Å². The van der Waals surface area contributed by atoms with Crippen LogP contribution in [0.5, 0.6) is 0 Å². The highest BCUT2D eigenvalue weighted by Gasteiger charge is 2.40. The lowest BCUT2D eigenvalue weighted by Gasteiger charge is -2.24. The van der Waals surface area contributed by atoms with Crippen LogP contribution >= 0.6 is 11.6 Å². The van der Waals surface area contributed by atoms with Gasteiger partial charge in [-0.05, 0) is 42.5 Å².